The van der Waals surface area contributed by atoms with E-state index in [-0.39, 0.29) is 31.0 Å². The number of esters is 1. The van der Waals surface area contributed by atoms with Crippen LogP contribution in [0.5, 0.6) is 0 Å². The minimum atomic E-state index is -0.427. The van der Waals surface area contributed by atoms with Crippen LogP contribution in [0.4, 0.5) is 5.95 Å². The first-order chi connectivity index (χ1) is 12.7. The van der Waals surface area contributed by atoms with E-state index in [2.05, 4.69) is 20.0 Å². The van der Waals surface area contributed by atoms with Crippen molar-refractivity contribution in [2.45, 2.75) is 24.4 Å². The summed E-state index contributed by atoms with van der Waals surface area (Å²) < 4.78 is 27.1. The van der Waals surface area contributed by atoms with Crippen LogP contribution in [0.15, 0.2) is 35.1 Å². The summed E-state index contributed by atoms with van der Waals surface area (Å²) in [5.41, 5.74) is 0.689. The number of carbonyl (C=O) groups is 1. The minimum absolute atomic E-state index is 0.112. The second kappa shape index (κ2) is 7.40. The van der Waals surface area contributed by atoms with Crippen LogP contribution < -0.4 is 5.32 Å². The third kappa shape index (κ3) is 3.41. The average molecular weight is 361 g/mol. The molecule has 26 heavy (non-hydrogen) atoms. The molecule has 0 aliphatic carbocycles. The Morgan fingerprint density at radius 3 is 3.00 bits per heavy atom. The molecule has 9 nitrogen and oxygen atoms in total. The van der Waals surface area contributed by atoms with Gasteiger partial charge < -0.3 is 28.7 Å². The molecule has 2 saturated heterocycles. The molecule has 4 rings (SSSR count). The smallest absolute Gasteiger partial charge is 0.331 e. The summed E-state index contributed by atoms with van der Waals surface area (Å²) >= 11 is 0. The molecule has 2 fully saturated rings. The second-order valence-electron chi connectivity index (χ2n) is 6.02. The maximum absolute atomic E-state index is 11.2. The van der Waals surface area contributed by atoms with E-state index in [0.717, 1.165) is 0 Å². The summed E-state index contributed by atoms with van der Waals surface area (Å²) in [5.74, 6) is 0.712. The molecule has 0 bridgehead atoms. The third-order valence-electron chi connectivity index (χ3n) is 4.39. The first-order valence-corrected chi connectivity index (χ1v) is 8.29. The van der Waals surface area contributed by atoms with E-state index in [4.69, 9.17) is 18.6 Å². The molecule has 2 aromatic rings. The zero-order valence-electron chi connectivity index (χ0n) is 14.2. The van der Waals surface area contributed by atoms with Gasteiger partial charge in [0.2, 0.25) is 5.95 Å². The zero-order valence-corrected chi connectivity index (χ0v) is 14.2. The summed E-state index contributed by atoms with van der Waals surface area (Å²) in [6.07, 6.45) is 2.51. The standard InChI is InChI=1S/C17H19N3O6/c1-22-14(21)9-24-13-8-26-15-11(7-25-16(13)15)20-17-18-5-4-10(19-17)12-3-2-6-23-12/h2-6,11,13,15-16H,7-9H2,1H3,(H,18,19,20). The van der Waals surface area contributed by atoms with E-state index < -0.39 is 5.97 Å². The van der Waals surface area contributed by atoms with Crippen LogP contribution in [-0.2, 0) is 23.7 Å². The zero-order chi connectivity index (χ0) is 17.9. The number of carbonyl (C=O) groups excluding carboxylic acids is 1. The molecule has 0 radical (unpaired) electrons. The van der Waals surface area contributed by atoms with E-state index in [0.29, 0.717) is 30.6 Å². The molecular formula is C17H19N3O6. The Balaban J connectivity index is 1.38. The Morgan fingerprint density at radius 2 is 2.19 bits per heavy atom. The van der Waals surface area contributed by atoms with Gasteiger partial charge in [-0.3, -0.25) is 0 Å². The highest BCUT2D eigenvalue weighted by Crippen LogP contribution is 2.30. The number of fused-ring (bicyclic) bond motifs is 1. The van der Waals surface area contributed by atoms with Crippen molar-refractivity contribution in [1.29, 1.82) is 0 Å². The van der Waals surface area contributed by atoms with E-state index in [1.807, 2.05) is 6.07 Å². The second-order valence-corrected chi connectivity index (χ2v) is 6.02. The normalized spacial score (nSPS) is 27.3. The quantitative estimate of drug-likeness (QED) is 0.750. The van der Waals surface area contributed by atoms with Gasteiger partial charge in [-0.1, -0.05) is 0 Å². The maximum atomic E-state index is 11.2. The van der Waals surface area contributed by atoms with Gasteiger partial charge >= 0.3 is 5.97 Å². The molecule has 9 heteroatoms. The van der Waals surface area contributed by atoms with Crippen LogP contribution in [0.1, 0.15) is 0 Å². The number of hydrogen-bond donors (Lipinski definition) is 1. The lowest BCUT2D eigenvalue weighted by molar-refractivity contribution is -0.149. The highest BCUT2D eigenvalue weighted by atomic mass is 16.6. The summed E-state index contributed by atoms with van der Waals surface area (Å²) in [6, 6.07) is 5.31. The average Bonchev–Trinajstić information content (AvgIpc) is 3.39. The number of ether oxygens (including phenoxy) is 4. The van der Waals surface area contributed by atoms with Crippen molar-refractivity contribution in [3.05, 3.63) is 30.7 Å². The summed E-state index contributed by atoms with van der Waals surface area (Å²) in [4.78, 5) is 19.9. The fourth-order valence-corrected chi connectivity index (χ4v) is 3.12. The van der Waals surface area contributed by atoms with E-state index in [1.165, 1.54) is 7.11 Å². The molecule has 4 unspecified atom stereocenters. The molecule has 1 N–H and O–H groups in total. The predicted octanol–water partition coefficient (Wildman–Crippen LogP) is 0.873. The minimum Gasteiger partial charge on any atom is -0.467 e. The summed E-state index contributed by atoms with van der Waals surface area (Å²) in [7, 11) is 1.32. The number of hydrogen-bond acceptors (Lipinski definition) is 9. The Hall–Kier alpha value is -2.49. The lowest BCUT2D eigenvalue weighted by atomic mass is 10.1. The molecule has 2 aromatic heterocycles. The van der Waals surface area contributed by atoms with Crippen LogP contribution in [-0.4, -0.2) is 67.2 Å². The highest BCUT2D eigenvalue weighted by Gasteiger charge is 2.48. The molecule has 0 saturated carbocycles. The first kappa shape index (κ1) is 17.0. The van der Waals surface area contributed by atoms with Gasteiger partial charge in [-0.2, -0.15) is 0 Å². The van der Waals surface area contributed by atoms with Crippen LogP contribution in [0.3, 0.4) is 0 Å². The van der Waals surface area contributed by atoms with Gasteiger partial charge in [0.25, 0.3) is 0 Å². The van der Waals surface area contributed by atoms with Crippen molar-refractivity contribution < 1.29 is 28.2 Å². The first-order valence-electron chi connectivity index (χ1n) is 8.29. The number of rotatable bonds is 6. The van der Waals surface area contributed by atoms with Crippen molar-refractivity contribution in [3.8, 4) is 11.5 Å². The number of anilines is 1. The van der Waals surface area contributed by atoms with E-state index in [1.54, 1.807) is 24.6 Å². The topological polar surface area (TPSA) is 105 Å². The number of nitrogens with zero attached hydrogens (tertiary/aromatic N) is 2. The Labute approximate surface area is 149 Å². The van der Waals surface area contributed by atoms with Gasteiger partial charge in [-0.05, 0) is 18.2 Å². The fraction of sp³-hybridized carbons (Fsp3) is 0.471. The number of aromatic nitrogens is 2. The molecule has 0 aromatic carbocycles. The van der Waals surface area contributed by atoms with Crippen molar-refractivity contribution in [2.24, 2.45) is 0 Å². The van der Waals surface area contributed by atoms with Crippen molar-refractivity contribution >= 4 is 11.9 Å². The lowest BCUT2D eigenvalue weighted by Gasteiger charge is -2.17. The summed E-state index contributed by atoms with van der Waals surface area (Å²) in [5, 5.41) is 3.25. The van der Waals surface area contributed by atoms with Crippen LogP contribution >= 0.6 is 0 Å². The molecular weight excluding hydrogens is 342 g/mol. The van der Waals surface area contributed by atoms with E-state index >= 15 is 0 Å². The maximum Gasteiger partial charge on any atom is 0.331 e. The van der Waals surface area contributed by atoms with Gasteiger partial charge in [-0.25, -0.2) is 14.8 Å². The molecule has 2 aliphatic heterocycles. The third-order valence-corrected chi connectivity index (χ3v) is 4.39. The van der Waals surface area contributed by atoms with Crippen LogP contribution in [0, 0.1) is 0 Å². The van der Waals surface area contributed by atoms with Gasteiger partial charge in [0.1, 0.15) is 30.6 Å². The van der Waals surface area contributed by atoms with Crippen molar-refractivity contribution in [3.63, 3.8) is 0 Å². The largest absolute Gasteiger partial charge is 0.467 e. The molecule has 4 heterocycles. The molecule has 138 valence electrons. The van der Waals surface area contributed by atoms with Crippen LogP contribution in [0.2, 0.25) is 0 Å². The highest BCUT2D eigenvalue weighted by molar-refractivity contribution is 5.70. The van der Waals surface area contributed by atoms with Crippen molar-refractivity contribution in [2.75, 3.05) is 32.2 Å². The van der Waals surface area contributed by atoms with Crippen LogP contribution in [0.25, 0.3) is 11.5 Å². The number of methoxy groups -OCH3 is 1. The monoisotopic (exact) mass is 361 g/mol. The number of furan rings is 1. The fourth-order valence-electron chi connectivity index (χ4n) is 3.12. The van der Waals surface area contributed by atoms with Crippen molar-refractivity contribution in [1.82, 2.24) is 9.97 Å². The number of nitrogens with one attached hydrogen (secondary N) is 1. The Kier molecular flexibility index (Phi) is 4.83. The summed E-state index contributed by atoms with van der Waals surface area (Å²) in [6.45, 7) is 0.670. The lowest BCUT2D eigenvalue weighted by Crippen LogP contribution is -2.37. The molecule has 4 atom stereocenters. The van der Waals surface area contributed by atoms with Gasteiger partial charge in [0.05, 0.1) is 32.6 Å². The van der Waals surface area contributed by atoms with E-state index in [9.17, 15) is 4.79 Å². The molecule has 0 spiro atoms. The Morgan fingerprint density at radius 1 is 1.31 bits per heavy atom. The Bertz CT molecular complexity index is 753. The SMILES string of the molecule is COC(=O)COC1COC2C(Nc3nccc(-c4ccco4)n3)COC12. The van der Waals surface area contributed by atoms with Gasteiger partial charge in [-0.15, -0.1) is 0 Å². The van der Waals surface area contributed by atoms with Gasteiger partial charge in [0.15, 0.2) is 5.76 Å². The van der Waals surface area contributed by atoms with Gasteiger partial charge in [0, 0.05) is 6.20 Å². The molecule has 2 aliphatic rings. The predicted molar refractivity (Wildman–Crippen MR) is 88.4 cm³/mol. The molecule has 0 amide bonds.